The summed E-state index contributed by atoms with van der Waals surface area (Å²) in [7, 11) is 0. The first-order chi connectivity index (χ1) is 3.18. The van der Waals surface area contributed by atoms with E-state index in [0.717, 1.165) is 0 Å². The summed E-state index contributed by atoms with van der Waals surface area (Å²) in [5.74, 6) is -1.07. The van der Waals surface area contributed by atoms with Gasteiger partial charge in [-0.15, -0.1) is 0 Å². The van der Waals surface area contributed by atoms with E-state index < -0.39 is 12.2 Å². The summed E-state index contributed by atoms with van der Waals surface area (Å²) >= 11 is 2.59. The Hall–Kier alpha value is -0.0300. The molecule has 0 atom stereocenters. The summed E-state index contributed by atoms with van der Waals surface area (Å²) in [5.41, 5.74) is 0. The van der Waals surface area contributed by atoms with Crippen molar-refractivity contribution in [1.82, 2.24) is 0 Å². The molecule has 0 heterocycles. The van der Waals surface area contributed by atoms with Crippen molar-refractivity contribution >= 4 is 21.7 Å². The lowest BCUT2D eigenvalue weighted by Crippen LogP contribution is -2.09. The highest BCUT2D eigenvalue weighted by Crippen LogP contribution is 1.95. The van der Waals surface area contributed by atoms with Gasteiger partial charge in [-0.1, -0.05) is 15.9 Å². The minimum atomic E-state index is -2.82. The van der Waals surface area contributed by atoms with E-state index in [-0.39, 0.29) is 10.8 Å². The Kier molecular flexibility index (Phi) is 6.94. The molecule has 2 N–H and O–H groups in total. The predicted octanol–water partition coefficient (Wildman–Crippen LogP) is 0.391. The predicted molar refractivity (Wildman–Crippen MR) is 28.4 cm³/mol. The van der Waals surface area contributed by atoms with E-state index in [0.29, 0.717) is 0 Å². The van der Waals surface area contributed by atoms with Gasteiger partial charge in [0, 0.05) is 0 Å². The molecule has 0 aromatic rings. The molecule has 0 aliphatic rings. The summed E-state index contributed by atoms with van der Waals surface area (Å²) in [6.45, 7) is 0. The summed E-state index contributed by atoms with van der Waals surface area (Å²) in [6, 6.07) is 0. The topological polar surface area (TPSA) is 48.6 Å². The molecular formula is C3H5BrF2O2. The fraction of sp³-hybridized carbons (Fsp3) is 0.667. The van der Waals surface area contributed by atoms with E-state index in [4.69, 9.17) is 0 Å². The molecule has 5 heteroatoms. The summed E-state index contributed by atoms with van der Waals surface area (Å²) in [6.07, 6.45) is -2.82. The maximum atomic E-state index is 11.0. The van der Waals surface area contributed by atoms with Crippen LogP contribution in [0.4, 0.5) is 8.78 Å². The van der Waals surface area contributed by atoms with Crippen LogP contribution in [0.1, 0.15) is 0 Å². The Morgan fingerprint density at radius 2 is 2.00 bits per heavy atom. The smallest absolute Gasteiger partial charge is 0.296 e. The number of alkyl halides is 3. The van der Waals surface area contributed by atoms with Crippen molar-refractivity contribution in [2.24, 2.45) is 0 Å². The second kappa shape index (κ2) is 5.11. The SMILES string of the molecule is O.O=C(CBr)C(F)F. The van der Waals surface area contributed by atoms with Gasteiger partial charge in [0.15, 0.2) is 0 Å². The third-order valence-corrected chi connectivity index (χ3v) is 0.928. The van der Waals surface area contributed by atoms with Crippen LogP contribution in [0.15, 0.2) is 0 Å². The van der Waals surface area contributed by atoms with Crippen LogP contribution >= 0.6 is 15.9 Å². The van der Waals surface area contributed by atoms with Crippen LogP contribution in [0.5, 0.6) is 0 Å². The number of hydrogen-bond acceptors (Lipinski definition) is 1. The number of hydrogen-bond donors (Lipinski definition) is 0. The van der Waals surface area contributed by atoms with Crippen LogP contribution in [-0.4, -0.2) is 23.0 Å². The molecule has 0 unspecified atom stereocenters. The second-order valence-electron chi connectivity index (χ2n) is 0.901. The lowest BCUT2D eigenvalue weighted by Gasteiger charge is -1.87. The fourth-order valence-corrected chi connectivity index (χ4v) is 0.303. The Labute approximate surface area is 53.3 Å². The molecule has 0 bridgehead atoms. The van der Waals surface area contributed by atoms with Crippen LogP contribution in [0.25, 0.3) is 0 Å². The molecule has 2 nitrogen and oxygen atoms in total. The highest BCUT2D eigenvalue weighted by molar-refractivity contribution is 9.09. The number of Topliss-reactive ketones (excluding diaryl/α,β-unsaturated/α-hetero) is 1. The van der Waals surface area contributed by atoms with Crippen LogP contribution in [0.2, 0.25) is 0 Å². The van der Waals surface area contributed by atoms with Gasteiger partial charge in [-0.25, -0.2) is 8.78 Å². The third kappa shape index (κ3) is 4.14. The first-order valence-electron chi connectivity index (χ1n) is 1.55. The minimum absolute atomic E-state index is 0. The van der Waals surface area contributed by atoms with Gasteiger partial charge in [0.2, 0.25) is 5.78 Å². The average molecular weight is 191 g/mol. The van der Waals surface area contributed by atoms with E-state index in [2.05, 4.69) is 15.9 Å². The molecule has 0 aliphatic heterocycles. The van der Waals surface area contributed by atoms with Crippen LogP contribution in [0.3, 0.4) is 0 Å². The average Bonchev–Trinajstić information content (AvgIpc) is 1.65. The highest BCUT2D eigenvalue weighted by Gasteiger charge is 2.11. The van der Waals surface area contributed by atoms with Crippen molar-refractivity contribution in [3.63, 3.8) is 0 Å². The Balaban J connectivity index is 0. The summed E-state index contributed by atoms with van der Waals surface area (Å²) in [4.78, 5) is 9.71. The number of carbonyl (C=O) groups excluding carboxylic acids is 1. The zero-order valence-electron chi connectivity index (χ0n) is 3.83. The van der Waals surface area contributed by atoms with Gasteiger partial charge in [-0.2, -0.15) is 0 Å². The van der Waals surface area contributed by atoms with Gasteiger partial charge in [0.1, 0.15) is 0 Å². The standard InChI is InChI=1S/C3H3BrF2O.H2O/c4-1-2(7)3(5)6;/h3H,1H2;1H2. The second-order valence-corrected chi connectivity index (χ2v) is 1.46. The highest BCUT2D eigenvalue weighted by atomic mass is 79.9. The maximum absolute atomic E-state index is 11.0. The van der Waals surface area contributed by atoms with Crippen molar-refractivity contribution in [3.8, 4) is 0 Å². The molecule has 50 valence electrons. The fourth-order valence-electron chi connectivity index (χ4n) is 0.0583. The van der Waals surface area contributed by atoms with Gasteiger partial charge in [-0.05, 0) is 0 Å². The molecule has 0 aromatic carbocycles. The molecule has 0 aliphatic carbocycles. The van der Waals surface area contributed by atoms with Crippen molar-refractivity contribution in [3.05, 3.63) is 0 Å². The van der Waals surface area contributed by atoms with Gasteiger partial charge < -0.3 is 5.48 Å². The Morgan fingerprint density at radius 1 is 1.62 bits per heavy atom. The maximum Gasteiger partial charge on any atom is 0.296 e. The molecular weight excluding hydrogens is 186 g/mol. The molecule has 0 saturated carbocycles. The lowest BCUT2D eigenvalue weighted by molar-refractivity contribution is -0.126. The van der Waals surface area contributed by atoms with Crippen molar-refractivity contribution < 1.29 is 19.1 Å². The van der Waals surface area contributed by atoms with E-state index >= 15 is 0 Å². The quantitative estimate of drug-likeness (QED) is 0.582. The van der Waals surface area contributed by atoms with Gasteiger partial charge in [0.05, 0.1) is 5.33 Å². The van der Waals surface area contributed by atoms with E-state index in [1.54, 1.807) is 0 Å². The van der Waals surface area contributed by atoms with E-state index in [9.17, 15) is 13.6 Å². The molecule has 0 radical (unpaired) electrons. The largest absolute Gasteiger partial charge is 0.412 e. The first kappa shape index (κ1) is 10.9. The van der Waals surface area contributed by atoms with E-state index in [1.807, 2.05) is 0 Å². The molecule has 0 fully saturated rings. The van der Waals surface area contributed by atoms with E-state index in [1.165, 1.54) is 0 Å². The van der Waals surface area contributed by atoms with Crippen LogP contribution in [-0.2, 0) is 4.79 Å². The summed E-state index contributed by atoms with van der Waals surface area (Å²) < 4.78 is 22.1. The van der Waals surface area contributed by atoms with Gasteiger partial charge >= 0.3 is 0 Å². The van der Waals surface area contributed by atoms with Gasteiger partial charge in [0.25, 0.3) is 6.43 Å². The summed E-state index contributed by atoms with van der Waals surface area (Å²) in [5, 5.41) is -0.259. The Morgan fingerprint density at radius 3 is 2.00 bits per heavy atom. The van der Waals surface area contributed by atoms with Crippen molar-refractivity contribution in [1.29, 1.82) is 0 Å². The monoisotopic (exact) mass is 190 g/mol. The number of rotatable bonds is 2. The molecule has 0 spiro atoms. The third-order valence-electron chi connectivity index (χ3n) is 0.375. The lowest BCUT2D eigenvalue weighted by atomic mass is 10.5. The molecule has 0 amide bonds. The van der Waals surface area contributed by atoms with Crippen molar-refractivity contribution in [2.45, 2.75) is 6.43 Å². The molecule has 0 saturated heterocycles. The molecule has 0 rings (SSSR count). The first-order valence-corrected chi connectivity index (χ1v) is 2.67. The zero-order chi connectivity index (χ0) is 5.86. The van der Waals surface area contributed by atoms with Crippen molar-refractivity contribution in [2.75, 3.05) is 5.33 Å². The number of ketones is 1. The van der Waals surface area contributed by atoms with Crippen LogP contribution in [0, 0.1) is 0 Å². The Bertz CT molecular complexity index is 75.7. The normalized spacial score (nSPS) is 8.50. The number of halogens is 3. The van der Waals surface area contributed by atoms with Crippen LogP contribution < -0.4 is 0 Å². The minimum Gasteiger partial charge on any atom is -0.412 e. The van der Waals surface area contributed by atoms with Gasteiger partial charge in [-0.3, -0.25) is 4.79 Å². The molecule has 8 heavy (non-hydrogen) atoms. The number of carbonyl (C=O) groups is 1. The zero-order valence-corrected chi connectivity index (χ0v) is 5.41. The molecule has 0 aromatic heterocycles.